The van der Waals surface area contributed by atoms with Crippen LogP contribution in [0.15, 0.2) is 16.7 Å². The van der Waals surface area contributed by atoms with E-state index in [4.69, 9.17) is 14.0 Å². The van der Waals surface area contributed by atoms with E-state index in [0.717, 1.165) is 34.8 Å². The first-order valence-corrected chi connectivity index (χ1v) is 9.13. The third kappa shape index (κ3) is 4.02. The van der Waals surface area contributed by atoms with Crippen LogP contribution in [0.1, 0.15) is 35.1 Å². The fraction of sp³-hybridized carbons (Fsp3) is 0.500. The van der Waals surface area contributed by atoms with Crippen LogP contribution in [0.4, 0.5) is 4.79 Å². The lowest BCUT2D eigenvalue weighted by atomic mass is 9.99. The van der Waals surface area contributed by atoms with E-state index in [1.165, 1.54) is 5.56 Å². The van der Waals surface area contributed by atoms with Crippen LogP contribution in [0.5, 0.6) is 11.5 Å². The molecule has 7 heteroatoms. The average Bonchev–Trinajstić information content (AvgIpc) is 2.98. The van der Waals surface area contributed by atoms with E-state index >= 15 is 0 Å². The van der Waals surface area contributed by atoms with Gasteiger partial charge in [0, 0.05) is 24.7 Å². The van der Waals surface area contributed by atoms with Crippen molar-refractivity contribution >= 4 is 6.03 Å². The molecule has 3 rings (SSSR count). The monoisotopic (exact) mass is 373 g/mol. The van der Waals surface area contributed by atoms with Crippen LogP contribution in [0.25, 0.3) is 0 Å². The van der Waals surface area contributed by atoms with Crippen molar-refractivity contribution in [3.63, 3.8) is 0 Å². The van der Waals surface area contributed by atoms with E-state index in [0.29, 0.717) is 25.3 Å². The molecule has 1 N–H and O–H groups in total. The number of urea groups is 1. The minimum atomic E-state index is -0.0605. The van der Waals surface area contributed by atoms with Crippen LogP contribution >= 0.6 is 0 Å². The zero-order chi connectivity index (χ0) is 19.6. The highest BCUT2D eigenvalue weighted by Gasteiger charge is 2.24. The molecule has 146 valence electrons. The Balaban J connectivity index is 1.65. The van der Waals surface area contributed by atoms with Crippen molar-refractivity contribution in [1.82, 2.24) is 15.4 Å². The Hall–Kier alpha value is -2.70. The lowest BCUT2D eigenvalue weighted by molar-refractivity contribution is 0.188. The van der Waals surface area contributed by atoms with Crippen LogP contribution in [0, 0.1) is 13.8 Å². The Morgan fingerprint density at radius 2 is 1.93 bits per heavy atom. The number of aromatic nitrogens is 1. The summed E-state index contributed by atoms with van der Waals surface area (Å²) < 4.78 is 16.0. The SMILES string of the molecule is COc1cc2c(cc1OC)CN(C(=O)N[C@@H](C)Cc1c(C)noc1C)CC2. The first kappa shape index (κ1) is 19.1. The molecular weight excluding hydrogens is 346 g/mol. The molecule has 2 amide bonds. The molecule has 0 spiro atoms. The van der Waals surface area contributed by atoms with Gasteiger partial charge < -0.3 is 24.2 Å². The molecule has 0 aliphatic carbocycles. The van der Waals surface area contributed by atoms with E-state index in [1.807, 2.05) is 37.8 Å². The van der Waals surface area contributed by atoms with Crippen LogP contribution in [0.3, 0.4) is 0 Å². The van der Waals surface area contributed by atoms with Gasteiger partial charge >= 0.3 is 6.03 Å². The normalized spacial score (nSPS) is 14.5. The minimum Gasteiger partial charge on any atom is -0.493 e. The second-order valence-electron chi connectivity index (χ2n) is 7.00. The molecule has 1 atom stereocenters. The maximum Gasteiger partial charge on any atom is 0.317 e. The smallest absolute Gasteiger partial charge is 0.317 e. The lowest BCUT2D eigenvalue weighted by Gasteiger charge is -2.30. The van der Waals surface area contributed by atoms with Crippen LogP contribution in [-0.2, 0) is 19.4 Å². The number of aryl methyl sites for hydroxylation is 2. The van der Waals surface area contributed by atoms with Crippen LogP contribution in [-0.4, -0.2) is 42.9 Å². The number of rotatable bonds is 5. The third-order valence-electron chi connectivity index (χ3n) is 5.07. The van der Waals surface area contributed by atoms with Crippen molar-refractivity contribution in [2.75, 3.05) is 20.8 Å². The summed E-state index contributed by atoms with van der Waals surface area (Å²) in [4.78, 5) is 14.5. The summed E-state index contributed by atoms with van der Waals surface area (Å²) >= 11 is 0. The van der Waals surface area contributed by atoms with E-state index < -0.39 is 0 Å². The highest BCUT2D eigenvalue weighted by Crippen LogP contribution is 2.33. The summed E-state index contributed by atoms with van der Waals surface area (Å²) in [5.74, 6) is 2.22. The Morgan fingerprint density at radius 3 is 2.52 bits per heavy atom. The molecule has 0 saturated carbocycles. The van der Waals surface area contributed by atoms with Crippen molar-refractivity contribution in [3.05, 3.63) is 40.3 Å². The predicted molar refractivity (Wildman–Crippen MR) is 101 cm³/mol. The molecular formula is C20H27N3O4. The standard InChI is InChI=1S/C20H27N3O4/c1-12(8-17-13(2)22-27-14(17)3)21-20(24)23-7-6-15-9-18(25-4)19(26-5)10-16(15)11-23/h9-10,12H,6-8,11H2,1-5H3,(H,21,24)/t12-/m0/s1. The van der Waals surface area contributed by atoms with Gasteiger partial charge in [0.1, 0.15) is 5.76 Å². The van der Waals surface area contributed by atoms with Gasteiger partial charge in [0.2, 0.25) is 0 Å². The van der Waals surface area contributed by atoms with Gasteiger partial charge in [-0.25, -0.2) is 4.79 Å². The lowest BCUT2D eigenvalue weighted by Crippen LogP contribution is -2.46. The molecule has 0 saturated heterocycles. The second kappa shape index (κ2) is 7.90. The number of hydrogen-bond acceptors (Lipinski definition) is 5. The number of carbonyl (C=O) groups excluding carboxylic acids is 1. The number of amides is 2. The quantitative estimate of drug-likeness (QED) is 0.872. The Bertz CT molecular complexity index is 811. The largest absolute Gasteiger partial charge is 0.493 e. The highest BCUT2D eigenvalue weighted by atomic mass is 16.5. The van der Waals surface area contributed by atoms with Crippen molar-refractivity contribution in [3.8, 4) is 11.5 Å². The average molecular weight is 373 g/mol. The van der Waals surface area contributed by atoms with Crippen molar-refractivity contribution in [2.45, 2.75) is 46.2 Å². The summed E-state index contributed by atoms with van der Waals surface area (Å²) in [6, 6.07) is 3.89. The van der Waals surface area contributed by atoms with Gasteiger partial charge in [-0.3, -0.25) is 0 Å². The predicted octanol–water partition coefficient (Wildman–Crippen LogP) is 3.01. The van der Waals surface area contributed by atoms with Crippen molar-refractivity contribution in [1.29, 1.82) is 0 Å². The van der Waals surface area contributed by atoms with E-state index in [1.54, 1.807) is 14.2 Å². The molecule has 2 aromatic rings. The molecule has 1 aliphatic rings. The first-order valence-electron chi connectivity index (χ1n) is 9.13. The number of nitrogens with zero attached hydrogens (tertiary/aromatic N) is 2. The topological polar surface area (TPSA) is 76.8 Å². The maximum atomic E-state index is 12.7. The number of ether oxygens (including phenoxy) is 2. The van der Waals surface area contributed by atoms with E-state index in [9.17, 15) is 4.79 Å². The fourth-order valence-corrected chi connectivity index (χ4v) is 3.51. The molecule has 7 nitrogen and oxygen atoms in total. The van der Waals surface area contributed by atoms with Gasteiger partial charge in [0.25, 0.3) is 0 Å². The van der Waals surface area contributed by atoms with E-state index in [-0.39, 0.29) is 12.1 Å². The van der Waals surface area contributed by atoms with Crippen molar-refractivity contribution in [2.24, 2.45) is 0 Å². The van der Waals surface area contributed by atoms with Gasteiger partial charge in [-0.15, -0.1) is 0 Å². The summed E-state index contributed by atoms with van der Waals surface area (Å²) in [6.07, 6.45) is 1.49. The molecule has 27 heavy (non-hydrogen) atoms. The second-order valence-corrected chi connectivity index (χ2v) is 7.00. The Labute approximate surface area is 159 Å². The van der Waals surface area contributed by atoms with Gasteiger partial charge in [-0.1, -0.05) is 5.16 Å². The highest BCUT2D eigenvalue weighted by molar-refractivity contribution is 5.75. The Morgan fingerprint density at radius 1 is 1.26 bits per heavy atom. The molecule has 0 unspecified atom stereocenters. The number of methoxy groups -OCH3 is 2. The third-order valence-corrected chi connectivity index (χ3v) is 5.07. The van der Waals surface area contributed by atoms with Crippen LogP contribution < -0.4 is 14.8 Å². The number of carbonyl (C=O) groups is 1. The number of hydrogen-bond donors (Lipinski definition) is 1. The zero-order valence-corrected chi connectivity index (χ0v) is 16.6. The summed E-state index contributed by atoms with van der Waals surface area (Å²) in [5, 5.41) is 7.06. The summed E-state index contributed by atoms with van der Waals surface area (Å²) in [5.41, 5.74) is 4.22. The minimum absolute atomic E-state index is 0.0129. The van der Waals surface area contributed by atoms with Gasteiger partial charge in [-0.2, -0.15) is 0 Å². The number of fused-ring (bicyclic) bond motifs is 1. The van der Waals surface area contributed by atoms with Crippen LogP contribution in [0.2, 0.25) is 0 Å². The zero-order valence-electron chi connectivity index (χ0n) is 16.6. The summed E-state index contributed by atoms with van der Waals surface area (Å²) in [6.45, 7) is 7.04. The molecule has 1 aliphatic heterocycles. The molecule has 1 aromatic carbocycles. The van der Waals surface area contributed by atoms with Gasteiger partial charge in [-0.05, 0) is 56.9 Å². The summed E-state index contributed by atoms with van der Waals surface area (Å²) in [7, 11) is 3.25. The number of nitrogens with one attached hydrogen (secondary N) is 1. The molecule has 0 fully saturated rings. The van der Waals surface area contributed by atoms with Crippen molar-refractivity contribution < 1.29 is 18.8 Å². The first-order chi connectivity index (χ1) is 12.9. The molecule has 1 aromatic heterocycles. The molecule has 2 heterocycles. The molecule has 0 bridgehead atoms. The maximum absolute atomic E-state index is 12.7. The van der Waals surface area contributed by atoms with E-state index in [2.05, 4.69) is 10.5 Å². The van der Waals surface area contributed by atoms with Gasteiger partial charge in [0.15, 0.2) is 11.5 Å². The Kier molecular flexibility index (Phi) is 5.58. The molecule has 0 radical (unpaired) electrons. The number of benzene rings is 1. The fourth-order valence-electron chi connectivity index (χ4n) is 3.51. The van der Waals surface area contributed by atoms with Gasteiger partial charge in [0.05, 0.1) is 19.9 Å².